The van der Waals surface area contributed by atoms with Crippen molar-refractivity contribution in [1.29, 1.82) is 0 Å². The molecule has 0 spiro atoms. The van der Waals surface area contributed by atoms with Crippen molar-refractivity contribution in [3.63, 3.8) is 0 Å². The Bertz CT molecular complexity index is 328. The van der Waals surface area contributed by atoms with Crippen molar-refractivity contribution >= 4 is 34.1 Å². The van der Waals surface area contributed by atoms with Crippen LogP contribution in [0.4, 0.5) is 5.13 Å². The molecule has 84 valence electrons. The van der Waals surface area contributed by atoms with Gasteiger partial charge in [-0.1, -0.05) is 18.3 Å². The molecule has 0 aliphatic rings. The molecule has 0 bridgehead atoms. The fourth-order valence-electron chi connectivity index (χ4n) is 0.811. The lowest BCUT2D eigenvalue weighted by atomic mass is 10.4. The molecule has 0 saturated carbocycles. The third-order valence-corrected chi connectivity index (χ3v) is 3.70. The monoisotopic (exact) mass is 246 g/mol. The Kier molecular flexibility index (Phi) is 4.83. The highest BCUT2D eigenvalue weighted by atomic mass is 32.2. The number of anilines is 1. The molecule has 2 N–H and O–H groups in total. The number of amides is 1. The van der Waals surface area contributed by atoms with Crippen LogP contribution in [0.3, 0.4) is 0 Å². The van der Waals surface area contributed by atoms with Gasteiger partial charge in [0.1, 0.15) is 0 Å². The van der Waals surface area contributed by atoms with Crippen LogP contribution in [-0.4, -0.2) is 41.2 Å². The number of hydrogen-bond acceptors (Lipinski definition) is 6. The highest BCUT2D eigenvalue weighted by molar-refractivity contribution is 7.99. The minimum Gasteiger partial charge on any atom is -0.363 e. The minimum absolute atomic E-state index is 0.157. The van der Waals surface area contributed by atoms with E-state index in [1.165, 1.54) is 11.3 Å². The van der Waals surface area contributed by atoms with Gasteiger partial charge in [0.25, 0.3) is 5.91 Å². The zero-order valence-corrected chi connectivity index (χ0v) is 10.5. The standard InChI is InChI=1S/C8H14N4OS2/c1-5(14-3)4-10-6(13)7-11-12-8(9-2)15-7/h5H,4H2,1-3H3,(H,9,12)(H,10,13). The first-order valence-corrected chi connectivity index (χ1v) is 6.60. The van der Waals surface area contributed by atoms with Crippen LogP contribution in [0.15, 0.2) is 0 Å². The molecule has 1 aromatic rings. The van der Waals surface area contributed by atoms with E-state index in [2.05, 4.69) is 27.8 Å². The largest absolute Gasteiger partial charge is 0.363 e. The van der Waals surface area contributed by atoms with Gasteiger partial charge >= 0.3 is 0 Å². The highest BCUT2D eigenvalue weighted by Crippen LogP contribution is 2.13. The van der Waals surface area contributed by atoms with Gasteiger partial charge in [0, 0.05) is 18.8 Å². The van der Waals surface area contributed by atoms with Gasteiger partial charge in [-0.05, 0) is 6.26 Å². The minimum atomic E-state index is -0.157. The van der Waals surface area contributed by atoms with Gasteiger partial charge in [0.15, 0.2) is 0 Å². The molecule has 1 heterocycles. The van der Waals surface area contributed by atoms with E-state index in [9.17, 15) is 4.79 Å². The molecule has 0 saturated heterocycles. The number of thioether (sulfide) groups is 1. The molecular weight excluding hydrogens is 232 g/mol. The average molecular weight is 246 g/mol. The molecule has 0 aliphatic heterocycles. The topological polar surface area (TPSA) is 66.9 Å². The first kappa shape index (κ1) is 12.3. The van der Waals surface area contributed by atoms with Gasteiger partial charge < -0.3 is 10.6 Å². The summed E-state index contributed by atoms with van der Waals surface area (Å²) in [5.74, 6) is -0.157. The first-order valence-electron chi connectivity index (χ1n) is 4.49. The summed E-state index contributed by atoms with van der Waals surface area (Å²) < 4.78 is 0. The fraction of sp³-hybridized carbons (Fsp3) is 0.625. The molecule has 0 fully saturated rings. The second-order valence-corrected chi connectivity index (χ2v) is 5.17. The molecule has 0 aromatic carbocycles. The molecular formula is C8H14N4OS2. The Balaban J connectivity index is 2.46. The summed E-state index contributed by atoms with van der Waals surface area (Å²) in [5, 5.41) is 14.7. The lowest BCUT2D eigenvalue weighted by Crippen LogP contribution is -2.29. The number of nitrogens with zero attached hydrogens (tertiary/aromatic N) is 2. The second kappa shape index (κ2) is 5.92. The van der Waals surface area contributed by atoms with Gasteiger partial charge in [0.05, 0.1) is 0 Å². The summed E-state index contributed by atoms with van der Waals surface area (Å²) in [6, 6.07) is 0. The van der Waals surface area contributed by atoms with E-state index in [4.69, 9.17) is 0 Å². The molecule has 15 heavy (non-hydrogen) atoms. The van der Waals surface area contributed by atoms with E-state index in [0.29, 0.717) is 21.9 Å². The maximum atomic E-state index is 11.6. The van der Waals surface area contributed by atoms with Crippen LogP contribution in [0, 0.1) is 0 Å². The smallest absolute Gasteiger partial charge is 0.282 e. The number of aromatic nitrogens is 2. The zero-order chi connectivity index (χ0) is 11.3. The number of carbonyl (C=O) groups is 1. The lowest BCUT2D eigenvalue weighted by molar-refractivity contribution is 0.0953. The van der Waals surface area contributed by atoms with Gasteiger partial charge in [-0.15, -0.1) is 10.2 Å². The van der Waals surface area contributed by atoms with E-state index in [0.717, 1.165) is 0 Å². The van der Waals surface area contributed by atoms with Crippen molar-refractivity contribution in [2.24, 2.45) is 0 Å². The van der Waals surface area contributed by atoms with Crippen molar-refractivity contribution in [3.8, 4) is 0 Å². The molecule has 1 rings (SSSR count). The van der Waals surface area contributed by atoms with Crippen molar-refractivity contribution in [1.82, 2.24) is 15.5 Å². The summed E-state index contributed by atoms with van der Waals surface area (Å²) in [5.41, 5.74) is 0. The first-order chi connectivity index (χ1) is 7.17. The number of hydrogen-bond donors (Lipinski definition) is 2. The third kappa shape index (κ3) is 3.67. The SMILES string of the molecule is CNc1nnc(C(=O)NCC(C)SC)s1. The quantitative estimate of drug-likeness (QED) is 0.813. The maximum Gasteiger partial charge on any atom is 0.282 e. The predicted octanol–water partition coefficient (Wildman–Crippen LogP) is 1.06. The third-order valence-electron chi connectivity index (χ3n) is 1.79. The van der Waals surface area contributed by atoms with Crippen molar-refractivity contribution in [2.45, 2.75) is 12.2 Å². The molecule has 5 nitrogen and oxygen atoms in total. The van der Waals surface area contributed by atoms with E-state index >= 15 is 0 Å². The Hall–Kier alpha value is -0.820. The van der Waals surface area contributed by atoms with E-state index in [1.807, 2.05) is 6.26 Å². The molecule has 1 amide bonds. The lowest BCUT2D eigenvalue weighted by Gasteiger charge is -2.07. The maximum absolute atomic E-state index is 11.6. The van der Waals surface area contributed by atoms with Crippen LogP contribution in [0.5, 0.6) is 0 Å². The van der Waals surface area contributed by atoms with E-state index in [1.54, 1.807) is 18.8 Å². The molecule has 7 heteroatoms. The van der Waals surface area contributed by atoms with Crippen molar-refractivity contribution in [2.75, 3.05) is 25.2 Å². The Labute approximate surface area is 97.1 Å². The van der Waals surface area contributed by atoms with E-state index in [-0.39, 0.29) is 5.91 Å². The molecule has 0 radical (unpaired) electrons. The summed E-state index contributed by atoms with van der Waals surface area (Å²) in [6.07, 6.45) is 2.01. The van der Waals surface area contributed by atoms with E-state index < -0.39 is 0 Å². The Morgan fingerprint density at radius 3 is 2.87 bits per heavy atom. The van der Waals surface area contributed by atoms with Crippen LogP contribution >= 0.6 is 23.1 Å². The Morgan fingerprint density at radius 2 is 2.33 bits per heavy atom. The van der Waals surface area contributed by atoms with Crippen LogP contribution in [-0.2, 0) is 0 Å². The van der Waals surface area contributed by atoms with Crippen molar-refractivity contribution < 1.29 is 4.79 Å². The summed E-state index contributed by atoms with van der Waals surface area (Å²) >= 11 is 2.96. The molecule has 1 atom stereocenters. The van der Waals surface area contributed by atoms with Crippen molar-refractivity contribution in [3.05, 3.63) is 5.01 Å². The van der Waals surface area contributed by atoms with Crippen LogP contribution in [0.25, 0.3) is 0 Å². The van der Waals surface area contributed by atoms with Gasteiger partial charge in [0.2, 0.25) is 10.1 Å². The number of carbonyl (C=O) groups excluding carboxylic acids is 1. The summed E-state index contributed by atoms with van der Waals surface area (Å²) in [6.45, 7) is 2.71. The van der Waals surface area contributed by atoms with Crippen LogP contribution in [0.1, 0.15) is 16.7 Å². The Morgan fingerprint density at radius 1 is 1.60 bits per heavy atom. The van der Waals surface area contributed by atoms with Crippen LogP contribution in [0.2, 0.25) is 0 Å². The van der Waals surface area contributed by atoms with Crippen LogP contribution < -0.4 is 10.6 Å². The normalized spacial score (nSPS) is 12.2. The average Bonchev–Trinajstić information content (AvgIpc) is 2.73. The summed E-state index contributed by atoms with van der Waals surface area (Å²) in [4.78, 5) is 11.6. The highest BCUT2D eigenvalue weighted by Gasteiger charge is 2.12. The number of rotatable bonds is 5. The zero-order valence-electron chi connectivity index (χ0n) is 8.90. The van der Waals surface area contributed by atoms with Gasteiger partial charge in [-0.2, -0.15) is 11.8 Å². The van der Waals surface area contributed by atoms with Gasteiger partial charge in [-0.3, -0.25) is 4.79 Å². The number of nitrogens with one attached hydrogen (secondary N) is 2. The molecule has 1 aromatic heterocycles. The second-order valence-electron chi connectivity index (χ2n) is 2.92. The molecule has 0 aliphatic carbocycles. The molecule has 1 unspecified atom stereocenters. The summed E-state index contributed by atoms with van der Waals surface area (Å²) in [7, 11) is 1.75. The van der Waals surface area contributed by atoms with Gasteiger partial charge in [-0.25, -0.2) is 0 Å². The fourth-order valence-corrected chi connectivity index (χ4v) is 1.67. The predicted molar refractivity (Wildman–Crippen MR) is 64.8 cm³/mol.